The first-order valence-electron chi connectivity index (χ1n) is 11.0. The number of phenols is 1. The summed E-state index contributed by atoms with van der Waals surface area (Å²) in [6.45, 7) is 2.08. The third-order valence-corrected chi connectivity index (χ3v) is 6.57. The number of hydrogen-bond donors (Lipinski definition) is 2. The van der Waals surface area contributed by atoms with E-state index in [0.29, 0.717) is 28.7 Å². The van der Waals surface area contributed by atoms with Gasteiger partial charge >= 0.3 is 0 Å². The summed E-state index contributed by atoms with van der Waals surface area (Å²) in [5, 5.41) is 25.5. The van der Waals surface area contributed by atoms with Crippen LogP contribution in [0.3, 0.4) is 0 Å². The van der Waals surface area contributed by atoms with Crippen LogP contribution in [0.1, 0.15) is 35.6 Å². The highest BCUT2D eigenvalue weighted by Gasteiger charge is 2.39. The lowest BCUT2D eigenvalue weighted by molar-refractivity contribution is -0.384. The van der Waals surface area contributed by atoms with Crippen molar-refractivity contribution in [3.63, 3.8) is 0 Å². The number of nitro benzene ring substituents is 1. The predicted octanol–water partition coefficient (Wildman–Crippen LogP) is 5.27. The standard InChI is InChI=1S/C26H28N2O7/c1-14-23(15-9-10-19(29)20(11-15)32-2)17-7-6-8-18(28(30)31)25(17)27-24(14)16-12-21(33-3)26(35-5)22(13-16)34-4/h6-14,23-24,27,29H,1-5H3/t14-,23+,24-/m0/s1. The molecule has 0 bridgehead atoms. The van der Waals surface area contributed by atoms with E-state index in [4.69, 9.17) is 18.9 Å². The Morgan fingerprint density at radius 1 is 0.886 bits per heavy atom. The van der Waals surface area contributed by atoms with Gasteiger partial charge in [0.1, 0.15) is 5.69 Å². The molecule has 1 aliphatic heterocycles. The van der Waals surface area contributed by atoms with Gasteiger partial charge in [-0.25, -0.2) is 0 Å². The molecule has 35 heavy (non-hydrogen) atoms. The lowest BCUT2D eigenvalue weighted by Gasteiger charge is -2.39. The first-order chi connectivity index (χ1) is 16.8. The summed E-state index contributed by atoms with van der Waals surface area (Å²) < 4.78 is 21.9. The third kappa shape index (κ3) is 4.14. The molecule has 3 aromatic rings. The first kappa shape index (κ1) is 24.0. The molecule has 3 aromatic carbocycles. The van der Waals surface area contributed by atoms with Crippen LogP contribution in [0, 0.1) is 16.0 Å². The Morgan fingerprint density at radius 2 is 1.51 bits per heavy atom. The second kappa shape index (κ2) is 9.61. The van der Waals surface area contributed by atoms with Gasteiger partial charge in [-0.15, -0.1) is 0 Å². The molecule has 0 spiro atoms. The summed E-state index contributed by atoms with van der Waals surface area (Å²) >= 11 is 0. The van der Waals surface area contributed by atoms with Gasteiger partial charge in [0.05, 0.1) is 39.4 Å². The molecule has 0 amide bonds. The number of hydrogen-bond acceptors (Lipinski definition) is 8. The van der Waals surface area contributed by atoms with Gasteiger partial charge in [-0.05, 0) is 46.9 Å². The van der Waals surface area contributed by atoms with Crippen molar-refractivity contribution in [3.8, 4) is 28.7 Å². The molecule has 2 N–H and O–H groups in total. The maximum Gasteiger partial charge on any atom is 0.292 e. The molecule has 0 fully saturated rings. The molecule has 0 saturated heterocycles. The highest BCUT2D eigenvalue weighted by atomic mass is 16.6. The number of fused-ring (bicyclic) bond motifs is 1. The van der Waals surface area contributed by atoms with Crippen LogP contribution in [-0.4, -0.2) is 38.5 Å². The fourth-order valence-corrected chi connectivity index (χ4v) is 4.93. The van der Waals surface area contributed by atoms with E-state index in [9.17, 15) is 15.2 Å². The van der Waals surface area contributed by atoms with Crippen molar-refractivity contribution >= 4 is 11.4 Å². The third-order valence-electron chi connectivity index (χ3n) is 6.57. The largest absolute Gasteiger partial charge is 0.504 e. The Kier molecular flexibility index (Phi) is 6.59. The van der Waals surface area contributed by atoms with E-state index in [1.807, 2.05) is 24.3 Å². The Morgan fingerprint density at radius 3 is 2.09 bits per heavy atom. The number of benzene rings is 3. The second-order valence-electron chi connectivity index (χ2n) is 8.35. The average molecular weight is 481 g/mol. The van der Waals surface area contributed by atoms with Crippen LogP contribution in [0.25, 0.3) is 0 Å². The Bertz CT molecular complexity index is 1240. The van der Waals surface area contributed by atoms with Gasteiger partial charge in [0.15, 0.2) is 23.0 Å². The van der Waals surface area contributed by atoms with E-state index in [1.54, 1.807) is 32.4 Å². The Balaban J connectivity index is 1.93. The molecule has 184 valence electrons. The maximum atomic E-state index is 11.9. The number of nitrogens with zero attached hydrogens (tertiary/aromatic N) is 1. The summed E-state index contributed by atoms with van der Waals surface area (Å²) in [7, 11) is 6.12. The number of para-hydroxylation sites is 1. The van der Waals surface area contributed by atoms with Crippen molar-refractivity contribution in [2.24, 2.45) is 5.92 Å². The number of phenolic OH excluding ortho intramolecular Hbond substituents is 1. The zero-order valence-electron chi connectivity index (χ0n) is 20.2. The van der Waals surface area contributed by atoms with Crippen LogP contribution < -0.4 is 24.3 Å². The maximum absolute atomic E-state index is 11.9. The molecule has 9 heteroatoms. The zero-order valence-corrected chi connectivity index (χ0v) is 20.2. The fourth-order valence-electron chi connectivity index (χ4n) is 4.93. The van der Waals surface area contributed by atoms with E-state index in [2.05, 4.69) is 12.2 Å². The highest BCUT2D eigenvalue weighted by Crippen LogP contribution is 2.52. The molecule has 0 aliphatic carbocycles. The van der Waals surface area contributed by atoms with Crippen molar-refractivity contribution in [2.75, 3.05) is 33.8 Å². The molecular weight excluding hydrogens is 452 g/mol. The lowest BCUT2D eigenvalue weighted by atomic mass is 9.72. The Labute approximate surface area is 203 Å². The fraction of sp³-hybridized carbons (Fsp3) is 0.308. The van der Waals surface area contributed by atoms with Crippen LogP contribution in [0.2, 0.25) is 0 Å². The number of methoxy groups -OCH3 is 4. The minimum atomic E-state index is -0.386. The van der Waals surface area contributed by atoms with E-state index in [-0.39, 0.29) is 34.2 Å². The van der Waals surface area contributed by atoms with Crippen molar-refractivity contribution in [1.29, 1.82) is 0 Å². The Hall–Kier alpha value is -4.14. The number of nitrogens with one attached hydrogen (secondary N) is 1. The predicted molar refractivity (Wildman–Crippen MR) is 131 cm³/mol. The SMILES string of the molecule is COc1cc([C@@H]2c3cccc([N+](=O)[O-])c3N[C@H](c3cc(OC)c(OC)c(OC)c3)[C@H]2C)ccc1O. The van der Waals surface area contributed by atoms with Gasteiger partial charge in [0.2, 0.25) is 5.75 Å². The normalized spacial score (nSPS) is 18.7. The molecule has 0 radical (unpaired) electrons. The summed E-state index contributed by atoms with van der Waals surface area (Å²) in [6.07, 6.45) is 0. The van der Waals surface area contributed by atoms with Crippen LogP contribution in [0.15, 0.2) is 48.5 Å². The van der Waals surface area contributed by atoms with Gasteiger partial charge in [0, 0.05) is 12.0 Å². The first-order valence-corrected chi connectivity index (χ1v) is 11.0. The summed E-state index contributed by atoms with van der Waals surface area (Å²) in [5.41, 5.74) is 2.93. The number of ether oxygens (including phenoxy) is 4. The minimum Gasteiger partial charge on any atom is -0.504 e. The monoisotopic (exact) mass is 480 g/mol. The summed E-state index contributed by atoms with van der Waals surface area (Å²) in [4.78, 5) is 11.5. The average Bonchev–Trinajstić information content (AvgIpc) is 2.87. The second-order valence-corrected chi connectivity index (χ2v) is 8.35. The van der Waals surface area contributed by atoms with E-state index in [1.165, 1.54) is 20.3 Å². The van der Waals surface area contributed by atoms with Gasteiger partial charge in [-0.3, -0.25) is 10.1 Å². The van der Waals surface area contributed by atoms with Crippen molar-refractivity contribution < 1.29 is 29.0 Å². The highest BCUT2D eigenvalue weighted by molar-refractivity contribution is 5.72. The molecule has 3 atom stereocenters. The topological polar surface area (TPSA) is 112 Å². The van der Waals surface area contributed by atoms with Gasteiger partial charge in [-0.2, -0.15) is 0 Å². The number of anilines is 1. The van der Waals surface area contributed by atoms with Gasteiger partial charge in [-0.1, -0.05) is 25.1 Å². The quantitative estimate of drug-likeness (QED) is 0.347. The molecule has 1 heterocycles. The van der Waals surface area contributed by atoms with Gasteiger partial charge in [0.25, 0.3) is 5.69 Å². The zero-order chi connectivity index (χ0) is 25.3. The summed E-state index contributed by atoms with van der Waals surface area (Å²) in [6, 6.07) is 13.6. The smallest absolute Gasteiger partial charge is 0.292 e. The number of nitro groups is 1. The molecule has 0 unspecified atom stereocenters. The minimum absolute atomic E-state index is 0.0115. The van der Waals surface area contributed by atoms with Crippen LogP contribution in [0.5, 0.6) is 28.7 Å². The van der Waals surface area contributed by atoms with E-state index < -0.39 is 0 Å². The summed E-state index contributed by atoms with van der Waals surface area (Å²) in [5.74, 6) is 1.52. The van der Waals surface area contributed by atoms with Crippen LogP contribution in [0.4, 0.5) is 11.4 Å². The molecule has 1 aliphatic rings. The van der Waals surface area contributed by atoms with Crippen LogP contribution in [-0.2, 0) is 0 Å². The number of aromatic hydroxyl groups is 1. The molecule has 9 nitrogen and oxygen atoms in total. The van der Waals surface area contributed by atoms with Crippen LogP contribution >= 0.6 is 0 Å². The van der Waals surface area contributed by atoms with Gasteiger partial charge < -0.3 is 29.4 Å². The lowest BCUT2D eigenvalue weighted by Crippen LogP contribution is -2.31. The van der Waals surface area contributed by atoms with Crippen molar-refractivity contribution in [2.45, 2.75) is 18.9 Å². The van der Waals surface area contributed by atoms with Crippen molar-refractivity contribution in [3.05, 3.63) is 75.3 Å². The molecule has 0 saturated carbocycles. The van der Waals surface area contributed by atoms with E-state index in [0.717, 1.165) is 16.7 Å². The number of rotatable bonds is 7. The van der Waals surface area contributed by atoms with E-state index >= 15 is 0 Å². The molecular formula is C26H28N2O7. The van der Waals surface area contributed by atoms with Crippen molar-refractivity contribution in [1.82, 2.24) is 0 Å². The molecule has 4 rings (SSSR count). The molecule has 0 aromatic heterocycles.